The maximum atomic E-state index is 5.95. The Morgan fingerprint density at radius 2 is 1.58 bits per heavy atom. The van der Waals surface area contributed by atoms with Gasteiger partial charge in [-0.1, -0.05) is 53.7 Å². The third-order valence-electron chi connectivity index (χ3n) is 4.87. The molecule has 5 nitrogen and oxygen atoms in total. The van der Waals surface area contributed by atoms with Gasteiger partial charge in [0.05, 0.1) is 31.3 Å². The summed E-state index contributed by atoms with van der Waals surface area (Å²) in [4.78, 5) is 4.82. The molecule has 4 aromatic rings. The predicted octanol–water partition coefficient (Wildman–Crippen LogP) is 5.60. The van der Waals surface area contributed by atoms with E-state index in [-0.39, 0.29) is 0 Å². The van der Waals surface area contributed by atoms with Crippen LogP contribution in [0.5, 0.6) is 17.2 Å². The van der Waals surface area contributed by atoms with Gasteiger partial charge >= 0.3 is 0 Å². The van der Waals surface area contributed by atoms with Crippen molar-refractivity contribution in [1.82, 2.24) is 9.55 Å². The quantitative estimate of drug-likeness (QED) is 0.240. The first-order chi connectivity index (χ1) is 15.2. The second-order valence-corrected chi connectivity index (χ2v) is 8.11. The normalized spacial score (nSPS) is 10.9. The van der Waals surface area contributed by atoms with Crippen LogP contribution in [0, 0.1) is 6.92 Å². The van der Waals surface area contributed by atoms with Crippen LogP contribution in [0.2, 0.25) is 0 Å². The summed E-state index contributed by atoms with van der Waals surface area (Å²) >= 11 is 1.68. The number of imidazole rings is 1. The molecule has 0 fully saturated rings. The average molecular weight is 435 g/mol. The highest BCUT2D eigenvalue weighted by Crippen LogP contribution is 2.27. The van der Waals surface area contributed by atoms with Gasteiger partial charge in [-0.2, -0.15) is 0 Å². The van der Waals surface area contributed by atoms with E-state index < -0.39 is 0 Å². The molecule has 1 heterocycles. The van der Waals surface area contributed by atoms with Crippen LogP contribution in [0.15, 0.2) is 78.0 Å². The van der Waals surface area contributed by atoms with Gasteiger partial charge in [-0.3, -0.25) is 0 Å². The van der Waals surface area contributed by atoms with E-state index in [2.05, 4.69) is 29.7 Å². The van der Waals surface area contributed by atoms with Gasteiger partial charge in [0.1, 0.15) is 12.4 Å². The summed E-state index contributed by atoms with van der Waals surface area (Å²) in [5.41, 5.74) is 3.33. The molecular formula is C25H26N2O3S. The maximum absolute atomic E-state index is 5.95. The summed E-state index contributed by atoms with van der Waals surface area (Å²) in [7, 11) is 1.65. The van der Waals surface area contributed by atoms with Gasteiger partial charge in [-0.05, 0) is 43.3 Å². The lowest BCUT2D eigenvalue weighted by Crippen LogP contribution is -2.10. The Kier molecular flexibility index (Phi) is 6.99. The van der Waals surface area contributed by atoms with Gasteiger partial charge in [0, 0.05) is 5.75 Å². The monoisotopic (exact) mass is 434 g/mol. The number of aryl methyl sites for hydroxylation is 1. The van der Waals surface area contributed by atoms with Gasteiger partial charge in [-0.25, -0.2) is 4.98 Å². The molecule has 31 heavy (non-hydrogen) atoms. The molecule has 0 saturated heterocycles. The number of thioether (sulfide) groups is 1. The molecule has 0 spiro atoms. The highest BCUT2D eigenvalue weighted by Gasteiger charge is 2.11. The first kappa shape index (κ1) is 21.1. The third kappa shape index (κ3) is 5.33. The minimum Gasteiger partial charge on any atom is -0.493 e. The molecule has 0 aliphatic rings. The fourth-order valence-electron chi connectivity index (χ4n) is 3.29. The Morgan fingerprint density at radius 1 is 0.839 bits per heavy atom. The second kappa shape index (κ2) is 10.3. The van der Waals surface area contributed by atoms with Crippen molar-refractivity contribution >= 4 is 22.8 Å². The number of ether oxygens (including phenoxy) is 3. The number of nitrogens with zero attached hydrogens (tertiary/aromatic N) is 2. The second-order valence-electron chi connectivity index (χ2n) is 7.04. The van der Waals surface area contributed by atoms with Crippen molar-refractivity contribution in [1.29, 1.82) is 0 Å². The standard InChI is InChI=1S/C25H26N2O3S/c1-19-11-13-20(14-12-19)29-16-15-27-22-8-4-3-7-21(22)26-25(27)31-18-17-30-24-10-6-5-9-23(24)28-2/h3-14H,15-18H2,1-2H3. The van der Waals surface area contributed by atoms with Gasteiger partial charge in [0.15, 0.2) is 16.7 Å². The molecule has 0 saturated carbocycles. The smallest absolute Gasteiger partial charge is 0.169 e. The number of hydrogen-bond acceptors (Lipinski definition) is 5. The molecule has 6 heteroatoms. The number of para-hydroxylation sites is 4. The highest BCUT2D eigenvalue weighted by molar-refractivity contribution is 7.99. The SMILES string of the molecule is COc1ccccc1OCCSc1nc2ccccc2n1CCOc1ccc(C)cc1. The van der Waals surface area contributed by atoms with Gasteiger partial charge in [0.25, 0.3) is 0 Å². The van der Waals surface area contributed by atoms with Crippen LogP contribution in [0.4, 0.5) is 0 Å². The van der Waals surface area contributed by atoms with E-state index in [0.29, 0.717) is 13.2 Å². The van der Waals surface area contributed by atoms with Gasteiger partial charge in [0.2, 0.25) is 0 Å². The molecule has 0 radical (unpaired) electrons. The highest BCUT2D eigenvalue weighted by atomic mass is 32.2. The molecule has 0 aliphatic heterocycles. The molecule has 160 valence electrons. The lowest BCUT2D eigenvalue weighted by atomic mass is 10.2. The topological polar surface area (TPSA) is 45.5 Å². The summed E-state index contributed by atoms with van der Waals surface area (Å²) < 4.78 is 19.4. The van der Waals surface area contributed by atoms with E-state index >= 15 is 0 Å². The van der Waals surface area contributed by atoms with Gasteiger partial charge in [-0.15, -0.1) is 0 Å². The zero-order valence-corrected chi connectivity index (χ0v) is 18.6. The average Bonchev–Trinajstić information content (AvgIpc) is 3.16. The Morgan fingerprint density at radius 3 is 2.39 bits per heavy atom. The Labute approximate surface area is 187 Å². The number of rotatable bonds is 10. The summed E-state index contributed by atoms with van der Waals surface area (Å²) in [6.07, 6.45) is 0. The molecule has 0 amide bonds. The largest absolute Gasteiger partial charge is 0.493 e. The van der Waals surface area contributed by atoms with Crippen molar-refractivity contribution in [3.05, 3.63) is 78.4 Å². The molecule has 0 unspecified atom stereocenters. The summed E-state index contributed by atoms with van der Waals surface area (Å²) in [5, 5.41) is 0.970. The number of fused-ring (bicyclic) bond motifs is 1. The van der Waals surface area contributed by atoms with E-state index in [1.54, 1.807) is 18.9 Å². The van der Waals surface area contributed by atoms with Crippen molar-refractivity contribution in [3.8, 4) is 17.2 Å². The first-order valence-corrected chi connectivity index (χ1v) is 11.3. The molecule has 1 aromatic heterocycles. The summed E-state index contributed by atoms with van der Waals surface area (Å²) in [5.74, 6) is 3.16. The van der Waals surface area contributed by atoms with Crippen molar-refractivity contribution < 1.29 is 14.2 Å². The minimum absolute atomic E-state index is 0.564. The van der Waals surface area contributed by atoms with E-state index in [4.69, 9.17) is 19.2 Å². The molecular weight excluding hydrogens is 408 g/mol. The molecule has 4 rings (SSSR count). The number of methoxy groups -OCH3 is 1. The van der Waals surface area contributed by atoms with E-state index in [1.807, 2.05) is 54.6 Å². The predicted molar refractivity (Wildman–Crippen MR) is 126 cm³/mol. The van der Waals surface area contributed by atoms with Crippen molar-refractivity contribution in [2.75, 3.05) is 26.1 Å². The van der Waals surface area contributed by atoms with Crippen LogP contribution in [-0.2, 0) is 6.54 Å². The molecule has 0 bridgehead atoms. The van der Waals surface area contributed by atoms with Crippen LogP contribution >= 0.6 is 11.8 Å². The van der Waals surface area contributed by atoms with Crippen molar-refractivity contribution in [2.24, 2.45) is 0 Å². The third-order valence-corrected chi connectivity index (χ3v) is 5.81. The fourth-order valence-corrected chi connectivity index (χ4v) is 4.15. The van der Waals surface area contributed by atoms with E-state index in [1.165, 1.54) is 5.56 Å². The minimum atomic E-state index is 0.564. The molecule has 3 aromatic carbocycles. The van der Waals surface area contributed by atoms with Crippen LogP contribution in [-0.4, -0.2) is 35.6 Å². The summed E-state index contributed by atoms with van der Waals surface area (Å²) in [6, 6.07) is 24.0. The zero-order chi connectivity index (χ0) is 21.5. The van der Waals surface area contributed by atoms with Crippen LogP contribution in [0.3, 0.4) is 0 Å². The lowest BCUT2D eigenvalue weighted by molar-refractivity contribution is 0.295. The van der Waals surface area contributed by atoms with E-state index in [0.717, 1.165) is 45.7 Å². The fraction of sp³-hybridized carbons (Fsp3) is 0.240. The van der Waals surface area contributed by atoms with Crippen molar-refractivity contribution in [3.63, 3.8) is 0 Å². The van der Waals surface area contributed by atoms with E-state index in [9.17, 15) is 0 Å². The maximum Gasteiger partial charge on any atom is 0.169 e. The number of benzene rings is 3. The molecule has 0 atom stereocenters. The Bertz CT molecular complexity index is 1130. The zero-order valence-electron chi connectivity index (χ0n) is 17.8. The summed E-state index contributed by atoms with van der Waals surface area (Å²) in [6.45, 7) is 3.94. The lowest BCUT2D eigenvalue weighted by Gasteiger charge is -2.12. The van der Waals surface area contributed by atoms with Crippen LogP contribution in [0.25, 0.3) is 11.0 Å². The molecule has 0 N–H and O–H groups in total. The first-order valence-electron chi connectivity index (χ1n) is 10.3. The van der Waals surface area contributed by atoms with Gasteiger partial charge < -0.3 is 18.8 Å². The molecule has 0 aliphatic carbocycles. The Hall–Kier alpha value is -3.12. The van der Waals surface area contributed by atoms with Crippen molar-refractivity contribution in [2.45, 2.75) is 18.6 Å². The number of hydrogen-bond donors (Lipinski definition) is 0. The Balaban J connectivity index is 1.39. The number of aromatic nitrogens is 2. The van der Waals surface area contributed by atoms with Crippen LogP contribution in [0.1, 0.15) is 5.56 Å². The van der Waals surface area contributed by atoms with Crippen LogP contribution < -0.4 is 14.2 Å².